The monoisotopic (exact) mass is 1260 g/mol. The summed E-state index contributed by atoms with van der Waals surface area (Å²) in [6.07, 6.45) is -46.1. The Balaban J connectivity index is 1.59. The van der Waals surface area contributed by atoms with Gasteiger partial charge < -0.3 is 14.0 Å². The minimum Gasteiger partial charge on any atom is -0.364 e. The van der Waals surface area contributed by atoms with E-state index in [1.807, 2.05) is 0 Å². The van der Waals surface area contributed by atoms with E-state index in [1.54, 1.807) is 0 Å². The quantitative estimate of drug-likeness (QED) is 0.0858. The molecule has 3 nitrogen and oxygen atoms in total. The molecule has 0 fully saturated rings. The second kappa shape index (κ2) is 20.8. The third kappa shape index (κ3) is 11.7. The summed E-state index contributed by atoms with van der Waals surface area (Å²) in [6.45, 7) is -1.49. The van der Waals surface area contributed by atoms with Crippen molar-refractivity contribution in [3.8, 4) is 11.1 Å². The molecule has 0 N–H and O–H groups in total. The van der Waals surface area contributed by atoms with Crippen molar-refractivity contribution < 1.29 is 119 Å². The number of rotatable bonds is 8. The fourth-order valence-electron chi connectivity index (χ4n) is 11.5. The van der Waals surface area contributed by atoms with Gasteiger partial charge in [0.2, 0.25) is 0 Å². The fourth-order valence-corrected chi connectivity index (χ4v) is 11.5. The van der Waals surface area contributed by atoms with Crippen LogP contribution < -0.4 is 0 Å². The van der Waals surface area contributed by atoms with E-state index in [0.29, 0.717) is 14.2 Å². The number of nitrogens with zero attached hydrogens (tertiary/aromatic N) is 1. The largest absolute Gasteiger partial charge is 0.416 e. The van der Waals surface area contributed by atoms with Crippen LogP contribution in [0.4, 0.5) is 105 Å². The molecule has 0 spiro atoms. The molecule has 0 amide bonds. The van der Waals surface area contributed by atoms with Crippen molar-refractivity contribution in [2.45, 2.75) is 73.7 Å². The van der Waals surface area contributed by atoms with E-state index in [4.69, 9.17) is 9.47 Å². The van der Waals surface area contributed by atoms with E-state index in [1.165, 1.54) is 62.6 Å². The van der Waals surface area contributed by atoms with Gasteiger partial charge in [0, 0.05) is 36.5 Å². The van der Waals surface area contributed by atoms with E-state index in [2.05, 4.69) is 0 Å². The maximum absolute atomic E-state index is 15.0. The topological polar surface area (TPSA) is 18.5 Å². The van der Waals surface area contributed by atoms with Gasteiger partial charge in [0.1, 0.15) is 24.3 Å². The number of quaternary nitrogens is 1. The number of methoxy groups -OCH3 is 2. The Hall–Kier alpha value is -7.52. The molecule has 1 aliphatic rings. The predicted molar refractivity (Wildman–Crippen MR) is 266 cm³/mol. The van der Waals surface area contributed by atoms with Crippen LogP contribution in [0.15, 0.2) is 133 Å². The van der Waals surface area contributed by atoms with Crippen molar-refractivity contribution in [3.05, 3.63) is 222 Å². The summed E-state index contributed by atoms with van der Waals surface area (Å²) in [5, 5.41) is -0.562. The molecule has 9 rings (SSSR count). The van der Waals surface area contributed by atoms with E-state index in [-0.39, 0.29) is 81.2 Å². The first-order chi connectivity index (χ1) is 39.8. The van der Waals surface area contributed by atoms with Gasteiger partial charge in [0.25, 0.3) is 0 Å². The SMILES string of the molecule is COC(c1cc(C(F)(F)F)cc(C(F)(F)F)c1)(c1cc(C(F)(F)F)cc(C(F)(F)F)c1)c1cc2ccccc2c2c1C[N+](C)(C)Cc1c(C(OC)(c3cc(C(F)(F)F)cc(C(F)(F)F)c3)c3cc(C(F)(F)F)cc(C(F)(F)F)c3)cc3ccccc3c1-2. The molecule has 462 valence electrons. The summed E-state index contributed by atoms with van der Waals surface area (Å²) >= 11 is 0. The molecule has 0 radical (unpaired) electrons. The van der Waals surface area contributed by atoms with E-state index < -0.39 is 191 Å². The number of benzene rings is 8. The minimum atomic E-state index is -5.76. The lowest BCUT2D eigenvalue weighted by Gasteiger charge is -2.39. The van der Waals surface area contributed by atoms with Crippen LogP contribution in [0.3, 0.4) is 0 Å². The minimum absolute atomic E-state index is 0.00647. The Morgan fingerprint density at radius 1 is 0.287 bits per heavy atom. The summed E-state index contributed by atoms with van der Waals surface area (Å²) < 4.78 is 371. The van der Waals surface area contributed by atoms with Crippen LogP contribution in [0.2, 0.25) is 0 Å². The molecule has 27 heteroatoms. The third-order valence-electron chi connectivity index (χ3n) is 15.1. The van der Waals surface area contributed by atoms with E-state index >= 15 is 105 Å². The maximum Gasteiger partial charge on any atom is 0.416 e. The molecule has 0 saturated carbocycles. The zero-order chi connectivity index (χ0) is 64.6. The van der Waals surface area contributed by atoms with Crippen molar-refractivity contribution >= 4 is 21.5 Å². The molecule has 0 aliphatic carbocycles. The second-order valence-electron chi connectivity index (χ2n) is 21.2. The first-order valence-electron chi connectivity index (χ1n) is 25.0. The lowest BCUT2D eigenvalue weighted by molar-refractivity contribution is -0.916. The molecular formula is C60H38F24NO2+. The highest BCUT2D eigenvalue weighted by Gasteiger charge is 2.52. The second-order valence-corrected chi connectivity index (χ2v) is 21.2. The van der Waals surface area contributed by atoms with Crippen molar-refractivity contribution in [2.24, 2.45) is 0 Å². The molecule has 0 saturated heterocycles. The molecule has 0 atom stereocenters. The number of fused-ring (bicyclic) bond motifs is 7. The van der Waals surface area contributed by atoms with Gasteiger partial charge in [-0.25, -0.2) is 0 Å². The molecule has 87 heavy (non-hydrogen) atoms. The standard InChI is InChI=1S/C60H38F24NO2/c1-85(2)27-45-47(51(86-3,31-15-35(53(61,62)63)23-36(16-31)54(64,65)66)32-17-37(55(67,68)69)24-38(18-32)56(70,71)72)13-29-9-5-7-11-43(29)49(45)50-44-12-8-6-10-30(44)14-48(46(50)28-85)52(87-4,33-19-39(57(73,74)75)25-40(20-33)58(76,77)78)34-21-41(59(79,80)81)26-42(22-34)60(82,83)84/h5-26H,27-28H2,1-4H3/q+1. The van der Waals surface area contributed by atoms with Crippen molar-refractivity contribution in [1.29, 1.82) is 0 Å². The number of alkyl halides is 24. The Kier molecular flexibility index (Phi) is 15.3. The maximum atomic E-state index is 15.0. The molecule has 0 aromatic heterocycles. The first-order valence-corrected chi connectivity index (χ1v) is 25.0. The predicted octanol–water partition coefficient (Wildman–Crippen LogP) is 19.8. The third-order valence-corrected chi connectivity index (χ3v) is 15.1. The zero-order valence-electron chi connectivity index (χ0n) is 44.5. The summed E-state index contributed by atoms with van der Waals surface area (Å²) in [5.41, 5.74) is -32.9. The molecular weight excluding hydrogens is 1220 g/mol. The van der Waals surface area contributed by atoms with Crippen LogP contribution in [-0.2, 0) is 83.2 Å². The van der Waals surface area contributed by atoms with Crippen molar-refractivity contribution in [3.63, 3.8) is 0 Å². The lowest BCUT2D eigenvalue weighted by Crippen LogP contribution is -2.41. The van der Waals surface area contributed by atoms with Crippen LogP contribution in [0.5, 0.6) is 0 Å². The molecule has 1 heterocycles. The highest BCUT2D eigenvalue weighted by atomic mass is 19.4. The highest BCUT2D eigenvalue weighted by Crippen LogP contribution is 2.57. The summed E-state index contributed by atoms with van der Waals surface area (Å²) in [4.78, 5) is 0. The number of hydrogen-bond donors (Lipinski definition) is 0. The number of halogens is 24. The normalized spacial score (nSPS) is 15.0. The Labute approximate surface area is 475 Å². The number of hydrogen-bond acceptors (Lipinski definition) is 2. The molecule has 8 aromatic rings. The molecule has 0 bridgehead atoms. The summed E-state index contributed by atoms with van der Waals surface area (Å²) in [6, 6.07) is 10.5. The smallest absolute Gasteiger partial charge is 0.364 e. The first kappa shape index (κ1) is 64.0. The van der Waals surface area contributed by atoms with E-state index in [9.17, 15) is 0 Å². The van der Waals surface area contributed by atoms with Crippen LogP contribution in [0, 0.1) is 0 Å². The van der Waals surface area contributed by atoms with Crippen molar-refractivity contribution in [2.75, 3.05) is 28.3 Å². The molecule has 0 unspecified atom stereocenters. The van der Waals surface area contributed by atoms with Gasteiger partial charge in [-0.05, 0) is 140 Å². The molecule has 8 aromatic carbocycles. The Morgan fingerprint density at radius 2 is 0.483 bits per heavy atom. The van der Waals surface area contributed by atoms with E-state index in [0.717, 1.165) is 12.1 Å². The number of ether oxygens (including phenoxy) is 2. The highest BCUT2D eigenvalue weighted by molar-refractivity contribution is 6.09. The van der Waals surface area contributed by atoms with Crippen molar-refractivity contribution in [1.82, 2.24) is 0 Å². The van der Waals surface area contributed by atoms with Crippen LogP contribution in [-0.4, -0.2) is 32.8 Å². The summed E-state index contributed by atoms with van der Waals surface area (Å²) in [5.74, 6) is 0. The van der Waals surface area contributed by atoms with Gasteiger partial charge in [0.05, 0.1) is 58.6 Å². The van der Waals surface area contributed by atoms with Gasteiger partial charge in [-0.3, -0.25) is 0 Å². The summed E-state index contributed by atoms with van der Waals surface area (Å²) in [7, 11) is 3.64. The van der Waals surface area contributed by atoms with Gasteiger partial charge in [0.15, 0.2) is 0 Å². The fraction of sp³-hybridized carbons (Fsp3) is 0.267. The average molecular weight is 1260 g/mol. The zero-order valence-corrected chi connectivity index (χ0v) is 44.5. The van der Waals surface area contributed by atoms with Crippen LogP contribution >= 0.6 is 0 Å². The Morgan fingerprint density at radius 3 is 0.678 bits per heavy atom. The van der Waals surface area contributed by atoms with Crippen LogP contribution in [0.25, 0.3) is 32.7 Å². The Bertz CT molecular complexity index is 3470. The average Bonchev–Trinajstić information content (AvgIpc) is 1.71. The van der Waals surface area contributed by atoms with Gasteiger partial charge in [-0.2, -0.15) is 105 Å². The van der Waals surface area contributed by atoms with Gasteiger partial charge >= 0.3 is 49.4 Å². The van der Waals surface area contributed by atoms with Gasteiger partial charge in [-0.1, -0.05) is 48.5 Å². The van der Waals surface area contributed by atoms with Gasteiger partial charge in [-0.15, -0.1) is 0 Å². The molecule has 1 aliphatic heterocycles. The van der Waals surface area contributed by atoms with Crippen LogP contribution in [0.1, 0.15) is 89.0 Å². The lowest BCUT2D eigenvalue weighted by atomic mass is 9.71.